The van der Waals surface area contributed by atoms with E-state index in [0.717, 1.165) is 11.0 Å². The van der Waals surface area contributed by atoms with E-state index in [2.05, 4.69) is 15.9 Å². The number of anilines is 1. The second-order valence-electron chi connectivity index (χ2n) is 7.60. The maximum atomic E-state index is 14.1. The number of benzene rings is 2. The normalized spacial score (nSPS) is 18.2. The summed E-state index contributed by atoms with van der Waals surface area (Å²) in [6.07, 6.45) is -4.99. The average Bonchev–Trinajstić information content (AvgIpc) is 2.95. The number of alkyl halides is 3. The molecule has 3 rings (SSSR count). The Bertz CT molecular complexity index is 1110. The third-order valence-corrected chi connectivity index (χ3v) is 6.58. The van der Waals surface area contributed by atoms with E-state index in [0.29, 0.717) is 30.2 Å². The first-order valence-electron chi connectivity index (χ1n) is 10.1. The van der Waals surface area contributed by atoms with E-state index < -0.39 is 40.3 Å². The Hall–Kier alpha value is -2.14. The molecular formula is C22H22BrClF3N3O3. The smallest absolute Gasteiger partial charge is 0.372 e. The molecule has 0 radical (unpaired) electrons. The second-order valence-corrected chi connectivity index (χ2v) is 8.92. The lowest BCUT2D eigenvalue weighted by Crippen LogP contribution is -2.44. The number of carbonyl (C=O) groups excluding carboxylic acids is 2. The summed E-state index contributed by atoms with van der Waals surface area (Å²) in [5.74, 6) is -2.07. The Balaban J connectivity index is 2.33. The number of hydrogen-bond donors (Lipinski definition) is 2. The number of rotatable bonds is 7. The topological polar surface area (TPSA) is 86.9 Å². The van der Waals surface area contributed by atoms with Gasteiger partial charge in [0, 0.05) is 39.3 Å². The van der Waals surface area contributed by atoms with Gasteiger partial charge < -0.3 is 20.6 Å². The van der Waals surface area contributed by atoms with E-state index in [1.807, 2.05) is 18.7 Å². The third kappa shape index (κ3) is 4.49. The standard InChI is InChI=1S/C22H22BrClF3N3O3/c1-3-29(4-2)7-8-30-17-10-12(19(28)31)9-15(22(25,26)27)18(17)21(33,20(30)32)14-6-5-13(23)11-16(14)24/h5-6,9-11,33H,3-4,7-8H2,1-2H3,(H2,28,31). The Morgan fingerprint density at radius 3 is 2.39 bits per heavy atom. The van der Waals surface area contributed by atoms with Crippen molar-refractivity contribution in [3.05, 3.63) is 62.1 Å². The van der Waals surface area contributed by atoms with Gasteiger partial charge in [0.15, 0.2) is 5.60 Å². The summed E-state index contributed by atoms with van der Waals surface area (Å²) in [5.41, 5.74) is -0.272. The Labute approximate surface area is 202 Å². The van der Waals surface area contributed by atoms with Crippen LogP contribution in [0.3, 0.4) is 0 Å². The van der Waals surface area contributed by atoms with Crippen molar-refractivity contribution in [2.24, 2.45) is 5.73 Å². The second kappa shape index (κ2) is 9.25. The van der Waals surface area contributed by atoms with Gasteiger partial charge in [-0.25, -0.2) is 0 Å². The Morgan fingerprint density at radius 1 is 1.24 bits per heavy atom. The zero-order valence-electron chi connectivity index (χ0n) is 17.8. The largest absolute Gasteiger partial charge is 0.416 e. The average molecular weight is 549 g/mol. The van der Waals surface area contributed by atoms with Crippen LogP contribution in [0.15, 0.2) is 34.8 Å². The van der Waals surface area contributed by atoms with Crippen molar-refractivity contribution in [3.63, 3.8) is 0 Å². The zero-order chi connectivity index (χ0) is 24.7. The van der Waals surface area contributed by atoms with Crippen LogP contribution >= 0.6 is 27.5 Å². The summed E-state index contributed by atoms with van der Waals surface area (Å²) >= 11 is 9.49. The van der Waals surface area contributed by atoms with E-state index in [-0.39, 0.29) is 22.8 Å². The van der Waals surface area contributed by atoms with Gasteiger partial charge in [0.2, 0.25) is 5.91 Å². The molecule has 0 saturated heterocycles. The summed E-state index contributed by atoms with van der Waals surface area (Å²) in [7, 11) is 0. The molecule has 1 aliphatic heterocycles. The highest BCUT2D eigenvalue weighted by atomic mass is 79.9. The number of primary amides is 1. The molecule has 0 aliphatic carbocycles. The number of likely N-dealkylation sites (N-methyl/N-ethyl adjacent to an activating group) is 1. The quantitative estimate of drug-likeness (QED) is 0.545. The third-order valence-electron chi connectivity index (χ3n) is 5.77. The van der Waals surface area contributed by atoms with Crippen molar-refractivity contribution < 1.29 is 27.9 Å². The zero-order valence-corrected chi connectivity index (χ0v) is 20.2. The van der Waals surface area contributed by atoms with Crippen molar-refractivity contribution in [1.29, 1.82) is 0 Å². The minimum absolute atomic E-state index is 0.0104. The number of halogens is 5. The molecule has 2 aromatic rings. The molecule has 6 nitrogen and oxygen atoms in total. The van der Waals surface area contributed by atoms with Gasteiger partial charge in [0.05, 0.1) is 11.3 Å². The molecule has 2 aromatic carbocycles. The molecule has 0 bridgehead atoms. The molecule has 1 aliphatic rings. The number of carbonyl (C=O) groups is 2. The predicted molar refractivity (Wildman–Crippen MR) is 122 cm³/mol. The highest BCUT2D eigenvalue weighted by molar-refractivity contribution is 9.10. The van der Waals surface area contributed by atoms with Crippen LogP contribution in [0.2, 0.25) is 5.02 Å². The van der Waals surface area contributed by atoms with Crippen LogP contribution < -0.4 is 10.6 Å². The van der Waals surface area contributed by atoms with E-state index in [1.54, 1.807) is 0 Å². The molecule has 11 heteroatoms. The summed E-state index contributed by atoms with van der Waals surface area (Å²) in [4.78, 5) is 28.4. The van der Waals surface area contributed by atoms with Gasteiger partial charge in [0.1, 0.15) is 0 Å². The molecule has 1 unspecified atom stereocenters. The highest BCUT2D eigenvalue weighted by Gasteiger charge is 2.56. The lowest BCUT2D eigenvalue weighted by atomic mass is 9.83. The van der Waals surface area contributed by atoms with Gasteiger partial charge >= 0.3 is 6.18 Å². The van der Waals surface area contributed by atoms with Crippen LogP contribution in [-0.4, -0.2) is 48.0 Å². The molecule has 0 spiro atoms. The fourth-order valence-corrected chi connectivity index (χ4v) is 4.84. The number of aliphatic hydroxyl groups is 1. The van der Waals surface area contributed by atoms with Crippen LogP contribution in [-0.2, 0) is 16.6 Å². The van der Waals surface area contributed by atoms with Gasteiger partial charge in [-0.1, -0.05) is 47.4 Å². The molecule has 33 heavy (non-hydrogen) atoms. The lowest BCUT2D eigenvalue weighted by Gasteiger charge is -2.27. The van der Waals surface area contributed by atoms with Crippen molar-refractivity contribution >= 4 is 45.0 Å². The molecule has 178 valence electrons. The maximum Gasteiger partial charge on any atom is 0.416 e. The molecule has 3 N–H and O–H groups in total. The van der Waals surface area contributed by atoms with Gasteiger partial charge in [-0.2, -0.15) is 13.2 Å². The van der Waals surface area contributed by atoms with E-state index in [1.165, 1.54) is 18.2 Å². The lowest BCUT2D eigenvalue weighted by molar-refractivity contribution is -0.142. The summed E-state index contributed by atoms with van der Waals surface area (Å²) in [6, 6.07) is 5.81. The van der Waals surface area contributed by atoms with Crippen LogP contribution in [0.25, 0.3) is 0 Å². The molecule has 0 saturated carbocycles. The van der Waals surface area contributed by atoms with Gasteiger partial charge in [-0.3, -0.25) is 9.59 Å². The number of nitrogens with two attached hydrogens (primary N) is 1. The van der Waals surface area contributed by atoms with Crippen molar-refractivity contribution in [1.82, 2.24) is 4.90 Å². The number of amides is 2. The molecule has 0 fully saturated rings. The number of nitrogens with zero attached hydrogens (tertiary/aromatic N) is 2. The fourth-order valence-electron chi connectivity index (χ4n) is 4.03. The van der Waals surface area contributed by atoms with Crippen molar-refractivity contribution in [3.8, 4) is 0 Å². The maximum absolute atomic E-state index is 14.1. The van der Waals surface area contributed by atoms with Crippen LogP contribution in [0.5, 0.6) is 0 Å². The first-order valence-corrected chi connectivity index (χ1v) is 11.3. The van der Waals surface area contributed by atoms with Crippen LogP contribution in [0.4, 0.5) is 18.9 Å². The van der Waals surface area contributed by atoms with Crippen molar-refractivity contribution in [2.45, 2.75) is 25.6 Å². The highest BCUT2D eigenvalue weighted by Crippen LogP contribution is 2.52. The Morgan fingerprint density at radius 2 is 1.88 bits per heavy atom. The summed E-state index contributed by atoms with van der Waals surface area (Å²) in [6.45, 7) is 5.46. The predicted octanol–water partition coefficient (Wildman–Crippen LogP) is 4.14. The van der Waals surface area contributed by atoms with Gasteiger partial charge in [-0.15, -0.1) is 0 Å². The van der Waals surface area contributed by atoms with Crippen molar-refractivity contribution in [2.75, 3.05) is 31.1 Å². The fraction of sp³-hybridized carbons (Fsp3) is 0.364. The Kier molecular flexibility index (Phi) is 7.14. The molecule has 2 amide bonds. The number of hydrogen-bond acceptors (Lipinski definition) is 4. The van der Waals surface area contributed by atoms with Gasteiger partial charge in [-0.05, 0) is 37.4 Å². The molecule has 0 aromatic heterocycles. The number of fused-ring (bicyclic) bond motifs is 1. The van der Waals surface area contributed by atoms with E-state index in [4.69, 9.17) is 17.3 Å². The first kappa shape index (κ1) is 25.5. The summed E-state index contributed by atoms with van der Waals surface area (Å²) < 4.78 is 43.0. The molecular weight excluding hydrogens is 527 g/mol. The van der Waals surface area contributed by atoms with E-state index in [9.17, 15) is 27.9 Å². The minimum Gasteiger partial charge on any atom is -0.372 e. The first-order chi connectivity index (χ1) is 15.4. The van der Waals surface area contributed by atoms with Gasteiger partial charge in [0.25, 0.3) is 5.91 Å². The summed E-state index contributed by atoms with van der Waals surface area (Å²) in [5, 5.41) is 11.6. The SMILES string of the molecule is CCN(CC)CCN1C(=O)C(O)(c2ccc(Br)cc2Cl)c2c1cc(C(N)=O)cc2C(F)(F)F. The minimum atomic E-state index is -4.99. The molecule has 1 atom stereocenters. The molecule has 1 heterocycles. The van der Waals surface area contributed by atoms with Crippen LogP contribution in [0.1, 0.15) is 40.9 Å². The van der Waals surface area contributed by atoms with Crippen LogP contribution in [0, 0.1) is 0 Å². The monoisotopic (exact) mass is 547 g/mol. The van der Waals surface area contributed by atoms with E-state index >= 15 is 0 Å².